The number of hydrogen-bond donors (Lipinski definition) is 2. The molecule has 2 rings (SSSR count). The Balaban J connectivity index is 2.13. The van der Waals surface area contributed by atoms with E-state index in [0.29, 0.717) is 21.1 Å². The summed E-state index contributed by atoms with van der Waals surface area (Å²) in [5, 5.41) is 18.0. The van der Waals surface area contributed by atoms with Gasteiger partial charge < -0.3 is 10.0 Å². The SMILES string of the molecule is O=C(C=Cc1ccc(F)c(Br)c1)c1ccc(B(O)O)cc1. The number of rotatable bonds is 4. The number of halogens is 2. The van der Waals surface area contributed by atoms with Crippen LogP contribution in [0.2, 0.25) is 0 Å². The molecule has 6 heteroatoms. The van der Waals surface area contributed by atoms with Crippen molar-refractivity contribution in [3.8, 4) is 0 Å². The van der Waals surface area contributed by atoms with Gasteiger partial charge in [0.05, 0.1) is 4.47 Å². The molecule has 106 valence electrons. The maximum absolute atomic E-state index is 13.1. The first-order valence-corrected chi connectivity index (χ1v) is 6.90. The predicted molar refractivity (Wildman–Crippen MR) is 83.7 cm³/mol. The number of carbonyl (C=O) groups is 1. The topological polar surface area (TPSA) is 57.5 Å². The van der Waals surface area contributed by atoms with Crippen molar-refractivity contribution in [2.75, 3.05) is 0 Å². The smallest absolute Gasteiger partial charge is 0.423 e. The van der Waals surface area contributed by atoms with Crippen molar-refractivity contribution in [1.29, 1.82) is 0 Å². The van der Waals surface area contributed by atoms with Crippen LogP contribution in [0.5, 0.6) is 0 Å². The highest BCUT2D eigenvalue weighted by Gasteiger charge is 2.11. The van der Waals surface area contributed by atoms with Gasteiger partial charge in [0.15, 0.2) is 5.78 Å². The van der Waals surface area contributed by atoms with Crippen molar-refractivity contribution in [1.82, 2.24) is 0 Å². The summed E-state index contributed by atoms with van der Waals surface area (Å²) in [5.41, 5.74) is 1.44. The minimum Gasteiger partial charge on any atom is -0.423 e. The molecule has 0 spiro atoms. The van der Waals surface area contributed by atoms with E-state index in [1.807, 2.05) is 0 Å². The average Bonchev–Trinajstić information content (AvgIpc) is 2.48. The summed E-state index contributed by atoms with van der Waals surface area (Å²) in [6.07, 6.45) is 2.96. The molecular weight excluding hydrogens is 338 g/mol. The Morgan fingerprint density at radius 1 is 1.14 bits per heavy atom. The summed E-state index contributed by atoms with van der Waals surface area (Å²) < 4.78 is 13.4. The van der Waals surface area contributed by atoms with E-state index in [-0.39, 0.29) is 11.6 Å². The molecule has 0 atom stereocenters. The molecule has 0 aliphatic rings. The molecule has 0 saturated carbocycles. The van der Waals surface area contributed by atoms with Crippen molar-refractivity contribution in [3.63, 3.8) is 0 Å². The second-order valence-corrected chi connectivity index (χ2v) is 5.22. The second-order valence-electron chi connectivity index (χ2n) is 4.37. The first-order valence-electron chi connectivity index (χ1n) is 6.11. The van der Waals surface area contributed by atoms with Gasteiger partial charge in [-0.3, -0.25) is 4.79 Å². The zero-order valence-corrected chi connectivity index (χ0v) is 12.4. The van der Waals surface area contributed by atoms with Crippen LogP contribution in [0.25, 0.3) is 6.08 Å². The number of ketones is 1. The molecule has 21 heavy (non-hydrogen) atoms. The molecule has 2 N–H and O–H groups in total. The van der Waals surface area contributed by atoms with Gasteiger partial charge in [-0.1, -0.05) is 36.4 Å². The van der Waals surface area contributed by atoms with Gasteiger partial charge >= 0.3 is 7.12 Å². The molecule has 2 aromatic carbocycles. The van der Waals surface area contributed by atoms with Crippen molar-refractivity contribution in [2.24, 2.45) is 0 Å². The highest BCUT2D eigenvalue weighted by atomic mass is 79.9. The molecule has 0 aromatic heterocycles. The highest BCUT2D eigenvalue weighted by molar-refractivity contribution is 9.10. The normalized spacial score (nSPS) is 10.9. The van der Waals surface area contributed by atoms with Gasteiger partial charge in [0.2, 0.25) is 0 Å². The predicted octanol–water partition coefficient (Wildman–Crippen LogP) is 2.16. The summed E-state index contributed by atoms with van der Waals surface area (Å²) in [6, 6.07) is 10.4. The summed E-state index contributed by atoms with van der Waals surface area (Å²) in [4.78, 5) is 12.0. The van der Waals surface area contributed by atoms with Gasteiger partial charge in [-0.2, -0.15) is 0 Å². The van der Waals surface area contributed by atoms with Crippen LogP contribution in [0.1, 0.15) is 15.9 Å². The van der Waals surface area contributed by atoms with E-state index < -0.39 is 7.12 Å². The van der Waals surface area contributed by atoms with Gasteiger partial charge in [-0.15, -0.1) is 0 Å². The van der Waals surface area contributed by atoms with E-state index in [4.69, 9.17) is 10.0 Å². The molecule has 0 unspecified atom stereocenters. The Hall–Kier alpha value is -1.76. The minimum absolute atomic E-state index is 0.227. The monoisotopic (exact) mass is 348 g/mol. The van der Waals surface area contributed by atoms with Crippen LogP contribution in [-0.4, -0.2) is 22.9 Å². The van der Waals surface area contributed by atoms with E-state index in [9.17, 15) is 9.18 Å². The van der Waals surface area contributed by atoms with Gasteiger partial charge in [-0.25, -0.2) is 4.39 Å². The summed E-state index contributed by atoms with van der Waals surface area (Å²) >= 11 is 3.08. The first-order chi connectivity index (χ1) is 9.97. The number of carbonyl (C=O) groups excluding carboxylic acids is 1. The van der Waals surface area contributed by atoms with Crippen molar-refractivity contribution < 1.29 is 19.2 Å². The van der Waals surface area contributed by atoms with Gasteiger partial charge in [0.25, 0.3) is 0 Å². The molecule has 0 amide bonds. The maximum atomic E-state index is 13.1. The average molecular weight is 349 g/mol. The molecule has 0 radical (unpaired) electrons. The number of hydrogen-bond acceptors (Lipinski definition) is 3. The Morgan fingerprint density at radius 3 is 2.38 bits per heavy atom. The van der Waals surface area contributed by atoms with Crippen LogP contribution in [-0.2, 0) is 0 Å². The Kier molecular flexibility index (Phi) is 5.06. The lowest BCUT2D eigenvalue weighted by Crippen LogP contribution is -2.29. The summed E-state index contributed by atoms with van der Waals surface area (Å²) in [6.45, 7) is 0. The lowest BCUT2D eigenvalue weighted by Gasteiger charge is -2.00. The van der Waals surface area contributed by atoms with Crippen LogP contribution in [0.3, 0.4) is 0 Å². The number of allylic oxidation sites excluding steroid dienone is 1. The fraction of sp³-hybridized carbons (Fsp3) is 0. The Labute approximate surface area is 130 Å². The van der Waals surface area contributed by atoms with E-state index >= 15 is 0 Å². The van der Waals surface area contributed by atoms with Crippen LogP contribution in [0.4, 0.5) is 4.39 Å². The fourth-order valence-corrected chi connectivity index (χ4v) is 2.10. The Morgan fingerprint density at radius 2 is 1.81 bits per heavy atom. The zero-order chi connectivity index (χ0) is 15.4. The fourth-order valence-electron chi connectivity index (χ4n) is 1.70. The van der Waals surface area contributed by atoms with Crippen LogP contribution in [0, 0.1) is 5.82 Å². The summed E-state index contributed by atoms with van der Waals surface area (Å²) in [7, 11) is -1.55. The lowest BCUT2D eigenvalue weighted by atomic mass is 9.80. The molecule has 0 aliphatic carbocycles. The van der Waals surface area contributed by atoms with Crippen LogP contribution >= 0.6 is 15.9 Å². The highest BCUT2D eigenvalue weighted by Crippen LogP contribution is 2.17. The Bertz CT molecular complexity index is 684. The molecule has 0 saturated heterocycles. The van der Waals surface area contributed by atoms with E-state index in [1.165, 1.54) is 36.4 Å². The largest absolute Gasteiger partial charge is 0.488 e. The minimum atomic E-state index is -1.55. The van der Waals surface area contributed by atoms with Crippen molar-refractivity contribution in [2.45, 2.75) is 0 Å². The zero-order valence-electron chi connectivity index (χ0n) is 10.8. The molecule has 0 fully saturated rings. The van der Waals surface area contributed by atoms with Gasteiger partial charge in [0.1, 0.15) is 5.82 Å². The molecule has 0 bridgehead atoms. The lowest BCUT2D eigenvalue weighted by molar-refractivity contribution is 0.104. The molecule has 3 nitrogen and oxygen atoms in total. The molecular formula is C15H11BBrFO3. The number of benzene rings is 2. The quantitative estimate of drug-likeness (QED) is 0.505. The van der Waals surface area contributed by atoms with Crippen LogP contribution < -0.4 is 5.46 Å². The second kappa shape index (κ2) is 6.80. The third-order valence-electron chi connectivity index (χ3n) is 2.86. The third-order valence-corrected chi connectivity index (χ3v) is 3.47. The van der Waals surface area contributed by atoms with Crippen LogP contribution in [0.15, 0.2) is 53.0 Å². The molecule has 2 aromatic rings. The maximum Gasteiger partial charge on any atom is 0.488 e. The van der Waals surface area contributed by atoms with Gasteiger partial charge in [0, 0.05) is 5.56 Å². The first kappa shape index (κ1) is 15.6. The standard InChI is InChI=1S/C15H11BBrFO3/c17-13-9-10(1-7-14(13)18)2-8-15(19)11-3-5-12(6-4-11)16(20)21/h1-9,20-21H. The van der Waals surface area contributed by atoms with Crippen molar-refractivity contribution in [3.05, 3.63) is 70.0 Å². The molecule has 0 aliphatic heterocycles. The summed E-state index contributed by atoms with van der Waals surface area (Å²) in [5.74, 6) is -0.592. The molecule has 0 heterocycles. The van der Waals surface area contributed by atoms with E-state index in [1.54, 1.807) is 18.2 Å². The van der Waals surface area contributed by atoms with Gasteiger partial charge in [-0.05, 0) is 45.2 Å². The van der Waals surface area contributed by atoms with Crippen molar-refractivity contribution >= 4 is 40.4 Å². The van der Waals surface area contributed by atoms with E-state index in [2.05, 4.69) is 15.9 Å². The third kappa shape index (κ3) is 4.11. The van der Waals surface area contributed by atoms with E-state index in [0.717, 1.165) is 0 Å².